The van der Waals surface area contributed by atoms with Crippen molar-refractivity contribution >= 4 is 5.91 Å². The summed E-state index contributed by atoms with van der Waals surface area (Å²) in [4.78, 5) is 12.2. The van der Waals surface area contributed by atoms with E-state index >= 15 is 0 Å². The normalized spacial score (nSPS) is 24.8. The average Bonchev–Trinajstić information content (AvgIpc) is 2.65. The molecule has 0 radical (unpaired) electrons. The molecular weight excluding hydrogens is 294 g/mol. The van der Waals surface area contributed by atoms with Crippen molar-refractivity contribution in [3.8, 4) is 0 Å². The molecule has 0 spiro atoms. The minimum Gasteiger partial charge on any atom is -0.356 e. The smallest absolute Gasteiger partial charge is 0.222 e. The van der Waals surface area contributed by atoms with Crippen molar-refractivity contribution in [1.82, 2.24) is 5.32 Å². The zero-order chi connectivity index (χ0) is 16.7. The molecule has 124 valence electrons. The largest absolute Gasteiger partial charge is 0.356 e. The molecule has 0 saturated carbocycles. The number of carbonyl (C=O) groups is 1. The van der Waals surface area contributed by atoms with E-state index in [1.165, 1.54) is 22.3 Å². The Kier molecular flexibility index (Phi) is 3.91. The Labute approximate surface area is 144 Å². The topological polar surface area (TPSA) is 29.1 Å². The number of amides is 1. The van der Waals surface area contributed by atoms with Crippen molar-refractivity contribution in [2.45, 2.75) is 38.5 Å². The van der Waals surface area contributed by atoms with Gasteiger partial charge in [0.1, 0.15) is 0 Å². The van der Waals surface area contributed by atoms with Crippen molar-refractivity contribution in [2.75, 3.05) is 6.54 Å². The fourth-order valence-corrected chi connectivity index (χ4v) is 4.55. The maximum absolute atomic E-state index is 12.2. The highest BCUT2D eigenvalue weighted by atomic mass is 16.1. The molecule has 0 unspecified atom stereocenters. The molecule has 0 aromatic heterocycles. The van der Waals surface area contributed by atoms with Gasteiger partial charge in [-0.2, -0.15) is 0 Å². The number of nitrogens with one attached hydrogen (secondary N) is 1. The van der Waals surface area contributed by atoms with E-state index in [-0.39, 0.29) is 11.8 Å². The molecule has 0 fully saturated rings. The number of benzene rings is 2. The fraction of sp³-hybridized carbons (Fsp3) is 0.409. The van der Waals surface area contributed by atoms with Gasteiger partial charge in [0.25, 0.3) is 0 Å². The number of carbonyl (C=O) groups excluding carboxylic acids is 1. The summed E-state index contributed by atoms with van der Waals surface area (Å²) in [6.07, 6.45) is 2.04. The van der Waals surface area contributed by atoms with Gasteiger partial charge < -0.3 is 5.32 Å². The molecule has 0 saturated heterocycles. The SMILES string of the molecule is CC[C@H](C)C(=O)NC[C@H]1CC2c3ccccc3C1c1ccccc12. The summed E-state index contributed by atoms with van der Waals surface area (Å²) in [5.41, 5.74) is 5.92. The second-order valence-corrected chi connectivity index (χ2v) is 7.34. The van der Waals surface area contributed by atoms with Gasteiger partial charge in [-0.15, -0.1) is 0 Å². The predicted octanol–water partition coefficient (Wildman–Crippen LogP) is 4.45. The van der Waals surface area contributed by atoms with Gasteiger partial charge >= 0.3 is 0 Å². The van der Waals surface area contributed by atoms with Crippen molar-refractivity contribution in [1.29, 1.82) is 0 Å². The Morgan fingerprint density at radius 2 is 1.58 bits per heavy atom. The summed E-state index contributed by atoms with van der Waals surface area (Å²) in [7, 11) is 0. The molecule has 2 heteroatoms. The zero-order valence-electron chi connectivity index (χ0n) is 14.5. The standard InChI is InChI=1S/C22H25NO/c1-3-14(2)22(24)23-13-15-12-20-16-8-4-6-10-18(16)21(15)19-11-7-5-9-17(19)20/h4-11,14-15,20-21H,3,12-13H2,1-2H3,(H,23,24)/t14-,15+,20?,21?/m0/s1. The third kappa shape index (κ3) is 2.36. The summed E-state index contributed by atoms with van der Waals surface area (Å²) in [6.45, 7) is 4.86. The van der Waals surface area contributed by atoms with Crippen molar-refractivity contribution < 1.29 is 4.79 Å². The molecule has 24 heavy (non-hydrogen) atoms. The first kappa shape index (κ1) is 15.4. The highest BCUT2D eigenvalue weighted by Gasteiger charge is 2.42. The zero-order valence-corrected chi connectivity index (χ0v) is 14.5. The lowest BCUT2D eigenvalue weighted by Gasteiger charge is -2.45. The Balaban J connectivity index is 1.65. The molecular formula is C22H25NO. The molecule has 2 atom stereocenters. The van der Waals surface area contributed by atoms with E-state index < -0.39 is 0 Å². The minimum atomic E-state index is 0.102. The molecule has 1 N–H and O–H groups in total. The van der Waals surface area contributed by atoms with E-state index in [0.29, 0.717) is 17.8 Å². The minimum absolute atomic E-state index is 0.102. The van der Waals surface area contributed by atoms with Crippen molar-refractivity contribution in [2.24, 2.45) is 11.8 Å². The first-order valence-electron chi connectivity index (χ1n) is 9.16. The van der Waals surface area contributed by atoms with Crippen LogP contribution in [-0.4, -0.2) is 12.5 Å². The second-order valence-electron chi connectivity index (χ2n) is 7.34. The van der Waals surface area contributed by atoms with Gasteiger partial charge in [0.05, 0.1) is 0 Å². The van der Waals surface area contributed by atoms with Crippen LogP contribution in [0.4, 0.5) is 0 Å². The quantitative estimate of drug-likeness (QED) is 0.886. The van der Waals surface area contributed by atoms with Gasteiger partial charge in [0.2, 0.25) is 5.91 Å². The van der Waals surface area contributed by atoms with Gasteiger partial charge in [-0.1, -0.05) is 62.4 Å². The van der Waals surface area contributed by atoms with E-state index in [1.807, 2.05) is 6.92 Å². The molecule has 2 aromatic carbocycles. The number of fused-ring (bicyclic) bond motifs is 1. The summed E-state index contributed by atoms with van der Waals surface area (Å²) in [6, 6.07) is 17.8. The molecule has 2 bridgehead atoms. The van der Waals surface area contributed by atoms with Gasteiger partial charge in [-0.25, -0.2) is 0 Å². The summed E-state index contributed by atoms with van der Waals surface area (Å²) in [5, 5.41) is 3.21. The number of hydrogen-bond donors (Lipinski definition) is 1. The predicted molar refractivity (Wildman–Crippen MR) is 97.1 cm³/mol. The Morgan fingerprint density at radius 3 is 2.12 bits per heavy atom. The summed E-state index contributed by atoms with van der Waals surface area (Å²) < 4.78 is 0. The molecule has 3 aliphatic rings. The molecule has 1 amide bonds. The lowest BCUT2D eigenvalue weighted by molar-refractivity contribution is -0.124. The Morgan fingerprint density at radius 1 is 1.04 bits per heavy atom. The van der Waals surface area contributed by atoms with Crippen LogP contribution in [0.1, 0.15) is 60.8 Å². The summed E-state index contributed by atoms with van der Waals surface area (Å²) in [5.74, 6) is 1.69. The maximum atomic E-state index is 12.2. The van der Waals surface area contributed by atoms with Gasteiger partial charge in [0, 0.05) is 24.3 Å². The van der Waals surface area contributed by atoms with E-state index in [4.69, 9.17) is 0 Å². The van der Waals surface area contributed by atoms with Crippen LogP contribution in [0, 0.1) is 11.8 Å². The Bertz CT molecular complexity index is 719. The highest BCUT2D eigenvalue weighted by molar-refractivity contribution is 5.78. The fourth-order valence-electron chi connectivity index (χ4n) is 4.55. The average molecular weight is 319 g/mol. The molecule has 2 nitrogen and oxygen atoms in total. The van der Waals surface area contributed by atoms with E-state index in [1.54, 1.807) is 0 Å². The molecule has 5 rings (SSSR count). The van der Waals surface area contributed by atoms with E-state index in [9.17, 15) is 4.79 Å². The first-order valence-corrected chi connectivity index (χ1v) is 9.16. The molecule has 0 aliphatic heterocycles. The molecule has 2 aromatic rings. The second kappa shape index (κ2) is 6.08. The van der Waals surface area contributed by atoms with Crippen LogP contribution in [0.2, 0.25) is 0 Å². The summed E-state index contributed by atoms with van der Waals surface area (Å²) >= 11 is 0. The van der Waals surface area contributed by atoms with Crippen LogP contribution < -0.4 is 5.32 Å². The van der Waals surface area contributed by atoms with Crippen molar-refractivity contribution in [3.05, 3.63) is 70.8 Å². The third-order valence-electron chi connectivity index (χ3n) is 6.02. The third-order valence-corrected chi connectivity index (χ3v) is 6.02. The van der Waals surface area contributed by atoms with E-state index in [2.05, 4.69) is 60.8 Å². The lowest BCUT2D eigenvalue weighted by atomic mass is 9.59. The first-order chi connectivity index (χ1) is 11.7. The van der Waals surface area contributed by atoms with Crippen LogP contribution in [0.25, 0.3) is 0 Å². The molecule has 3 aliphatic carbocycles. The highest BCUT2D eigenvalue weighted by Crippen LogP contribution is 2.55. The van der Waals surface area contributed by atoms with Gasteiger partial charge in [-0.05, 0) is 41.0 Å². The van der Waals surface area contributed by atoms with Crippen LogP contribution in [0.15, 0.2) is 48.5 Å². The van der Waals surface area contributed by atoms with E-state index in [0.717, 1.165) is 19.4 Å². The number of hydrogen-bond acceptors (Lipinski definition) is 1. The van der Waals surface area contributed by atoms with Gasteiger partial charge in [-0.3, -0.25) is 4.79 Å². The lowest BCUT2D eigenvalue weighted by Crippen LogP contribution is -2.40. The maximum Gasteiger partial charge on any atom is 0.222 e. The van der Waals surface area contributed by atoms with Crippen molar-refractivity contribution in [3.63, 3.8) is 0 Å². The van der Waals surface area contributed by atoms with Crippen LogP contribution in [-0.2, 0) is 4.79 Å². The number of rotatable bonds is 4. The van der Waals surface area contributed by atoms with Crippen LogP contribution in [0.3, 0.4) is 0 Å². The Hall–Kier alpha value is -2.09. The molecule has 0 heterocycles. The monoisotopic (exact) mass is 319 g/mol. The van der Waals surface area contributed by atoms with Crippen LogP contribution >= 0.6 is 0 Å². The van der Waals surface area contributed by atoms with Crippen LogP contribution in [0.5, 0.6) is 0 Å². The van der Waals surface area contributed by atoms with Gasteiger partial charge in [0.15, 0.2) is 0 Å².